The van der Waals surface area contributed by atoms with Crippen LogP contribution >= 0.6 is 23.1 Å². The molecule has 29 heavy (non-hydrogen) atoms. The molecule has 9 heteroatoms. The van der Waals surface area contributed by atoms with Crippen LogP contribution in [0.3, 0.4) is 0 Å². The Morgan fingerprint density at radius 1 is 1.31 bits per heavy atom. The number of thioether (sulfide) groups is 1. The topological polar surface area (TPSA) is 97.4 Å². The van der Waals surface area contributed by atoms with Crippen molar-refractivity contribution < 1.29 is 10.2 Å². The average Bonchev–Trinajstić information content (AvgIpc) is 3.09. The molecule has 7 nitrogen and oxygen atoms in total. The smallest absolute Gasteiger partial charge is 0.331 e. The number of hydrogen-bond acceptors (Lipinski definition) is 7. The van der Waals surface area contributed by atoms with Crippen LogP contribution in [0.1, 0.15) is 36.8 Å². The van der Waals surface area contributed by atoms with Gasteiger partial charge in [-0.3, -0.25) is 18.9 Å². The molecule has 0 bridgehead atoms. The second-order valence-corrected chi connectivity index (χ2v) is 9.38. The van der Waals surface area contributed by atoms with Crippen molar-refractivity contribution in [2.45, 2.75) is 37.8 Å². The van der Waals surface area contributed by atoms with Gasteiger partial charge in [0, 0.05) is 48.8 Å². The molecule has 0 aliphatic carbocycles. The van der Waals surface area contributed by atoms with Crippen LogP contribution in [0.15, 0.2) is 39.0 Å². The molecule has 3 aromatic rings. The fraction of sp³-hybridized carbons (Fsp3) is 0.450. The second-order valence-electron chi connectivity index (χ2n) is 7.24. The van der Waals surface area contributed by atoms with Crippen LogP contribution in [0.4, 0.5) is 0 Å². The fourth-order valence-corrected chi connectivity index (χ4v) is 5.73. The normalized spacial score (nSPS) is 12.8. The molecule has 0 aliphatic rings. The zero-order valence-electron chi connectivity index (χ0n) is 16.7. The van der Waals surface area contributed by atoms with E-state index in [1.807, 2.05) is 13.8 Å². The van der Waals surface area contributed by atoms with Crippen LogP contribution in [-0.2, 0) is 13.6 Å². The van der Waals surface area contributed by atoms with Gasteiger partial charge in [-0.1, -0.05) is 19.9 Å². The van der Waals surface area contributed by atoms with Crippen molar-refractivity contribution in [1.29, 1.82) is 0 Å². The summed E-state index contributed by atoms with van der Waals surface area (Å²) in [4.78, 5) is 31.7. The number of aliphatic hydroxyl groups excluding tert-OH is 2. The third-order valence-corrected chi connectivity index (χ3v) is 7.10. The highest BCUT2D eigenvalue weighted by molar-refractivity contribution is 7.99. The van der Waals surface area contributed by atoms with Crippen molar-refractivity contribution >= 4 is 33.3 Å². The highest BCUT2D eigenvalue weighted by Gasteiger charge is 2.26. The van der Waals surface area contributed by atoms with Crippen LogP contribution in [-0.4, -0.2) is 36.7 Å². The average molecular weight is 436 g/mol. The summed E-state index contributed by atoms with van der Waals surface area (Å²) < 4.78 is 2.76. The van der Waals surface area contributed by atoms with Gasteiger partial charge in [-0.15, -0.1) is 23.1 Å². The molecule has 0 fully saturated rings. The van der Waals surface area contributed by atoms with Gasteiger partial charge >= 0.3 is 5.69 Å². The number of aliphatic hydroxyl groups is 2. The Kier molecular flexibility index (Phi) is 6.94. The lowest BCUT2D eigenvalue weighted by molar-refractivity contribution is 0.221. The van der Waals surface area contributed by atoms with Crippen molar-refractivity contribution in [3.63, 3.8) is 0 Å². The molecule has 0 aromatic carbocycles. The Hall–Kier alpha value is -1.94. The van der Waals surface area contributed by atoms with Crippen LogP contribution < -0.4 is 11.2 Å². The van der Waals surface area contributed by atoms with Gasteiger partial charge in [0.25, 0.3) is 5.56 Å². The Morgan fingerprint density at radius 2 is 2.07 bits per heavy atom. The van der Waals surface area contributed by atoms with E-state index in [0.717, 1.165) is 4.57 Å². The lowest BCUT2D eigenvalue weighted by Crippen LogP contribution is -2.38. The first-order valence-electron chi connectivity index (χ1n) is 9.44. The van der Waals surface area contributed by atoms with Crippen molar-refractivity contribution in [1.82, 2.24) is 14.1 Å². The maximum Gasteiger partial charge on any atom is 0.331 e. The molecule has 0 amide bonds. The molecule has 3 heterocycles. The minimum absolute atomic E-state index is 0.0473. The monoisotopic (exact) mass is 435 g/mol. The summed E-state index contributed by atoms with van der Waals surface area (Å²) >= 11 is 2.71. The summed E-state index contributed by atoms with van der Waals surface area (Å²) in [6, 6.07) is 3.53. The standard InChI is InChI=1S/C20H25N3O4S2/c1-12(2)11-23-19-14(18(26)22(3)20(23)27)16(28-9-5-8-24)17(29-19)15(25)13-6-4-7-21-10-13/h4,6-7,10,12,15,24-25H,5,8-9,11H2,1-3H3. The van der Waals surface area contributed by atoms with E-state index in [4.69, 9.17) is 5.11 Å². The van der Waals surface area contributed by atoms with E-state index in [9.17, 15) is 14.7 Å². The predicted molar refractivity (Wildman–Crippen MR) is 117 cm³/mol. The molecule has 0 spiro atoms. The fourth-order valence-electron chi connectivity index (χ4n) is 3.10. The third-order valence-electron chi connectivity index (χ3n) is 4.50. The van der Waals surface area contributed by atoms with Crippen molar-refractivity contribution in [2.75, 3.05) is 12.4 Å². The van der Waals surface area contributed by atoms with Crippen LogP contribution in [0.25, 0.3) is 10.2 Å². The first-order chi connectivity index (χ1) is 13.9. The molecule has 3 rings (SSSR count). The lowest BCUT2D eigenvalue weighted by Gasteiger charge is -2.12. The molecule has 0 saturated carbocycles. The third kappa shape index (κ3) is 4.32. The number of thiophene rings is 1. The summed E-state index contributed by atoms with van der Waals surface area (Å²) in [6.45, 7) is 4.55. The van der Waals surface area contributed by atoms with Gasteiger partial charge in [-0.05, 0) is 18.4 Å². The Bertz CT molecular complexity index is 1100. The highest BCUT2D eigenvalue weighted by Crippen LogP contribution is 2.41. The van der Waals surface area contributed by atoms with E-state index >= 15 is 0 Å². The lowest BCUT2D eigenvalue weighted by atomic mass is 10.1. The SMILES string of the molecule is CC(C)Cn1c(=O)n(C)c(=O)c2c(SCCCO)c(C(O)c3cccnc3)sc21. The van der Waals surface area contributed by atoms with Crippen molar-refractivity contribution in [2.24, 2.45) is 13.0 Å². The van der Waals surface area contributed by atoms with Crippen LogP contribution in [0, 0.1) is 5.92 Å². The van der Waals surface area contributed by atoms with E-state index in [2.05, 4.69) is 4.98 Å². The first-order valence-corrected chi connectivity index (χ1v) is 11.2. The maximum atomic E-state index is 13.0. The van der Waals surface area contributed by atoms with Crippen molar-refractivity contribution in [3.05, 3.63) is 55.8 Å². The Balaban J connectivity index is 2.29. The molecule has 3 aromatic heterocycles. The second kappa shape index (κ2) is 9.25. The van der Waals surface area contributed by atoms with Crippen molar-refractivity contribution in [3.8, 4) is 0 Å². The van der Waals surface area contributed by atoms with Gasteiger partial charge in [0.1, 0.15) is 10.9 Å². The van der Waals surface area contributed by atoms with Crippen LogP contribution in [0.5, 0.6) is 0 Å². The summed E-state index contributed by atoms with van der Waals surface area (Å²) in [5.74, 6) is 0.814. The molecule has 156 valence electrons. The van der Waals surface area contributed by atoms with E-state index in [1.165, 1.54) is 30.1 Å². The molecule has 2 N–H and O–H groups in total. The largest absolute Gasteiger partial charge is 0.396 e. The van der Waals surface area contributed by atoms with Gasteiger partial charge < -0.3 is 10.2 Å². The Morgan fingerprint density at radius 3 is 2.69 bits per heavy atom. The molecule has 0 saturated heterocycles. The molecule has 0 aliphatic heterocycles. The highest BCUT2D eigenvalue weighted by atomic mass is 32.2. The van der Waals surface area contributed by atoms with Gasteiger partial charge in [0.2, 0.25) is 0 Å². The van der Waals surface area contributed by atoms with Gasteiger partial charge in [-0.2, -0.15) is 0 Å². The zero-order valence-corrected chi connectivity index (χ0v) is 18.3. The van der Waals surface area contributed by atoms with Gasteiger partial charge in [0.05, 0.1) is 10.3 Å². The summed E-state index contributed by atoms with van der Waals surface area (Å²) in [5.41, 5.74) is -0.0955. The van der Waals surface area contributed by atoms with E-state index in [-0.39, 0.29) is 23.8 Å². The number of nitrogens with zero attached hydrogens (tertiary/aromatic N) is 3. The minimum Gasteiger partial charge on any atom is -0.396 e. The van der Waals surface area contributed by atoms with Gasteiger partial charge in [0.15, 0.2) is 0 Å². The first kappa shape index (κ1) is 21.8. The quantitative estimate of drug-likeness (QED) is 0.416. The number of hydrogen-bond donors (Lipinski definition) is 2. The summed E-state index contributed by atoms with van der Waals surface area (Å²) in [5, 5.41) is 20.7. The molecule has 0 radical (unpaired) electrons. The molecular weight excluding hydrogens is 410 g/mol. The summed E-state index contributed by atoms with van der Waals surface area (Å²) in [6.07, 6.45) is 2.84. The number of fused-ring (bicyclic) bond motifs is 1. The number of aromatic nitrogens is 3. The van der Waals surface area contributed by atoms with Gasteiger partial charge in [-0.25, -0.2) is 4.79 Å². The summed E-state index contributed by atoms with van der Waals surface area (Å²) in [7, 11) is 1.48. The molecular formula is C20H25N3O4S2. The van der Waals surface area contributed by atoms with E-state index in [0.29, 0.717) is 44.3 Å². The minimum atomic E-state index is -0.954. The zero-order chi connectivity index (χ0) is 21.1. The molecule has 1 atom stereocenters. The van der Waals surface area contributed by atoms with E-state index in [1.54, 1.807) is 29.1 Å². The maximum absolute atomic E-state index is 13.0. The van der Waals surface area contributed by atoms with E-state index < -0.39 is 6.10 Å². The Labute approximate surface area is 176 Å². The number of pyridine rings is 1. The predicted octanol–water partition coefficient (Wildman–Crippen LogP) is 2.37. The van der Waals surface area contributed by atoms with Crippen LogP contribution in [0.2, 0.25) is 0 Å². The molecule has 1 unspecified atom stereocenters. The number of rotatable bonds is 8.